The smallest absolute Gasteiger partial charge is 0.231 e. The number of hydrogen-bond acceptors (Lipinski definition) is 5. The summed E-state index contributed by atoms with van der Waals surface area (Å²) in [6.07, 6.45) is 2.12. The van der Waals surface area contributed by atoms with Crippen molar-refractivity contribution in [2.75, 3.05) is 72.5 Å². The third-order valence-corrected chi connectivity index (χ3v) is 8.29. The zero-order valence-corrected chi connectivity index (χ0v) is 22.3. The number of halogens is 1. The van der Waals surface area contributed by atoms with Crippen LogP contribution in [0.2, 0.25) is 5.02 Å². The molecule has 1 amide bonds. The van der Waals surface area contributed by atoms with Gasteiger partial charge >= 0.3 is 0 Å². The molecule has 2 atom stereocenters. The molecule has 2 N–H and O–H groups in total. The van der Waals surface area contributed by atoms with Crippen molar-refractivity contribution in [3.8, 4) is 0 Å². The average Bonchev–Trinajstić information content (AvgIpc) is 3.28. The molecule has 2 aliphatic heterocycles. The second-order valence-corrected chi connectivity index (χ2v) is 10.5. The molecule has 2 fully saturated rings. The normalized spacial score (nSPS) is 23.0. The summed E-state index contributed by atoms with van der Waals surface area (Å²) in [7, 11) is 1.95. The van der Waals surface area contributed by atoms with Gasteiger partial charge in [-0.3, -0.25) is 15.1 Å². The second-order valence-electron chi connectivity index (χ2n) is 10.1. The van der Waals surface area contributed by atoms with Crippen molar-refractivity contribution >= 4 is 23.3 Å². The van der Waals surface area contributed by atoms with E-state index in [1.807, 2.05) is 36.2 Å². The molecule has 8 heteroatoms. The summed E-state index contributed by atoms with van der Waals surface area (Å²) in [5.41, 5.74) is 3.39. The molecule has 1 aliphatic carbocycles. The standard InChI is InChI=1S/C27H41ClN6O/c1-4-31-11-13-32(14-12-31)19-23(21-6-8-22(28)9-7-21)27(35)34-17-15-33(16-18-34)26(29)25-20(2)5-10-24(25)30-3/h6-9,20,23,29-30H,4-5,10-19H2,1-3H3/t20-,23?/m1/s1. The lowest BCUT2D eigenvalue weighted by atomic mass is 9.96. The van der Waals surface area contributed by atoms with E-state index in [-0.39, 0.29) is 11.8 Å². The van der Waals surface area contributed by atoms with Gasteiger partial charge in [-0.05, 0) is 43.0 Å². The number of nitrogens with zero attached hydrogens (tertiary/aromatic N) is 4. The fourth-order valence-electron chi connectivity index (χ4n) is 5.68. The minimum atomic E-state index is -0.195. The van der Waals surface area contributed by atoms with Gasteiger partial charge in [0.15, 0.2) is 0 Å². The van der Waals surface area contributed by atoms with Crippen molar-refractivity contribution < 1.29 is 4.79 Å². The number of likely N-dealkylation sites (N-methyl/N-ethyl adjacent to an activating group) is 1. The summed E-state index contributed by atoms with van der Waals surface area (Å²) in [6.45, 7) is 13.1. The van der Waals surface area contributed by atoms with Crippen molar-refractivity contribution in [3.63, 3.8) is 0 Å². The number of carbonyl (C=O) groups is 1. The van der Waals surface area contributed by atoms with Crippen LogP contribution in [0.25, 0.3) is 0 Å². The number of carbonyl (C=O) groups excluding carboxylic acids is 1. The van der Waals surface area contributed by atoms with Crippen LogP contribution >= 0.6 is 11.6 Å². The van der Waals surface area contributed by atoms with E-state index in [9.17, 15) is 4.79 Å². The van der Waals surface area contributed by atoms with Gasteiger partial charge in [0.1, 0.15) is 5.84 Å². The Morgan fingerprint density at radius 1 is 1.03 bits per heavy atom. The number of benzene rings is 1. The summed E-state index contributed by atoms with van der Waals surface area (Å²) in [5, 5.41) is 12.9. The third-order valence-electron chi connectivity index (χ3n) is 8.03. The predicted octanol–water partition coefficient (Wildman–Crippen LogP) is 3.09. The molecule has 1 aromatic rings. The fraction of sp³-hybridized carbons (Fsp3) is 0.630. The summed E-state index contributed by atoms with van der Waals surface area (Å²) in [4.78, 5) is 22.9. The van der Waals surface area contributed by atoms with Crippen molar-refractivity contribution in [1.82, 2.24) is 24.9 Å². The molecular formula is C27H41ClN6O. The minimum absolute atomic E-state index is 0.195. The van der Waals surface area contributed by atoms with Crippen LogP contribution < -0.4 is 5.32 Å². The second kappa shape index (κ2) is 11.8. The molecule has 0 bridgehead atoms. The van der Waals surface area contributed by atoms with Crippen molar-refractivity contribution in [2.24, 2.45) is 5.92 Å². The molecule has 0 radical (unpaired) electrons. The van der Waals surface area contributed by atoms with E-state index in [1.165, 1.54) is 5.70 Å². The molecule has 192 valence electrons. The molecule has 35 heavy (non-hydrogen) atoms. The van der Waals surface area contributed by atoms with E-state index in [0.29, 0.717) is 43.0 Å². The van der Waals surface area contributed by atoms with Gasteiger partial charge < -0.3 is 20.0 Å². The fourth-order valence-corrected chi connectivity index (χ4v) is 5.81. The molecule has 0 saturated carbocycles. The van der Waals surface area contributed by atoms with Gasteiger partial charge in [-0.15, -0.1) is 0 Å². The van der Waals surface area contributed by atoms with Crippen molar-refractivity contribution in [2.45, 2.75) is 32.6 Å². The Balaban J connectivity index is 1.42. The van der Waals surface area contributed by atoms with Crippen LogP contribution in [-0.2, 0) is 4.79 Å². The van der Waals surface area contributed by atoms with E-state index in [0.717, 1.165) is 63.2 Å². The summed E-state index contributed by atoms with van der Waals surface area (Å²) in [5.74, 6) is 1.04. The Hall–Kier alpha value is -2.09. The Labute approximate surface area is 215 Å². The van der Waals surface area contributed by atoms with Crippen LogP contribution in [0.3, 0.4) is 0 Å². The lowest BCUT2D eigenvalue weighted by molar-refractivity contribution is -0.134. The molecule has 7 nitrogen and oxygen atoms in total. The van der Waals surface area contributed by atoms with Crippen LogP contribution in [0.15, 0.2) is 35.5 Å². The lowest BCUT2D eigenvalue weighted by Crippen LogP contribution is -2.53. The zero-order chi connectivity index (χ0) is 24.9. The Bertz CT molecular complexity index is 916. The highest BCUT2D eigenvalue weighted by molar-refractivity contribution is 6.30. The van der Waals surface area contributed by atoms with Crippen molar-refractivity contribution in [1.29, 1.82) is 5.41 Å². The minimum Gasteiger partial charge on any atom is -0.391 e. The molecule has 0 aromatic heterocycles. The number of nitrogens with one attached hydrogen (secondary N) is 2. The van der Waals surface area contributed by atoms with Crippen LogP contribution in [0.5, 0.6) is 0 Å². The number of amides is 1. The van der Waals surface area contributed by atoms with Gasteiger partial charge in [0, 0.05) is 82.2 Å². The van der Waals surface area contributed by atoms with Gasteiger partial charge in [-0.1, -0.05) is 37.6 Å². The molecule has 1 aromatic carbocycles. The first-order valence-electron chi connectivity index (χ1n) is 13.1. The quantitative estimate of drug-likeness (QED) is 0.445. The molecule has 0 spiro atoms. The molecule has 3 aliphatic rings. The highest BCUT2D eigenvalue weighted by Crippen LogP contribution is 2.32. The maximum atomic E-state index is 13.8. The summed E-state index contributed by atoms with van der Waals surface area (Å²) in [6, 6.07) is 7.79. The highest BCUT2D eigenvalue weighted by atomic mass is 35.5. The summed E-state index contributed by atoms with van der Waals surface area (Å²) < 4.78 is 0. The monoisotopic (exact) mass is 500 g/mol. The SMILES string of the molecule is CCN1CCN(CC(C(=O)N2CCN(C(=N)C3=C(NC)CC[C@H]3C)CC2)c2ccc(Cl)cc2)CC1. The average molecular weight is 501 g/mol. The van der Waals surface area contributed by atoms with E-state index < -0.39 is 0 Å². The van der Waals surface area contributed by atoms with Crippen LogP contribution in [0.1, 0.15) is 38.2 Å². The first kappa shape index (κ1) is 26.0. The van der Waals surface area contributed by atoms with Crippen LogP contribution in [-0.4, -0.2) is 104 Å². The highest BCUT2D eigenvalue weighted by Gasteiger charge is 2.33. The van der Waals surface area contributed by atoms with Crippen LogP contribution in [0.4, 0.5) is 0 Å². The molecular weight excluding hydrogens is 460 g/mol. The van der Waals surface area contributed by atoms with Crippen molar-refractivity contribution in [3.05, 3.63) is 46.1 Å². The first-order chi connectivity index (χ1) is 16.9. The molecule has 4 rings (SSSR count). The van der Waals surface area contributed by atoms with Gasteiger partial charge in [0.25, 0.3) is 0 Å². The maximum Gasteiger partial charge on any atom is 0.231 e. The van der Waals surface area contributed by atoms with Gasteiger partial charge in [-0.25, -0.2) is 0 Å². The Kier molecular flexibility index (Phi) is 8.73. The maximum absolute atomic E-state index is 13.8. The topological polar surface area (TPSA) is 65.9 Å². The first-order valence-corrected chi connectivity index (χ1v) is 13.5. The van der Waals surface area contributed by atoms with Crippen LogP contribution in [0, 0.1) is 11.3 Å². The molecule has 1 unspecified atom stereocenters. The van der Waals surface area contributed by atoms with E-state index in [4.69, 9.17) is 17.0 Å². The number of rotatable bonds is 7. The third kappa shape index (κ3) is 6.01. The Morgan fingerprint density at radius 3 is 2.23 bits per heavy atom. The predicted molar refractivity (Wildman–Crippen MR) is 143 cm³/mol. The Morgan fingerprint density at radius 2 is 1.63 bits per heavy atom. The largest absolute Gasteiger partial charge is 0.391 e. The lowest BCUT2D eigenvalue weighted by Gasteiger charge is -2.40. The molecule has 2 saturated heterocycles. The van der Waals surface area contributed by atoms with Gasteiger partial charge in [0.2, 0.25) is 5.91 Å². The molecule has 2 heterocycles. The zero-order valence-electron chi connectivity index (χ0n) is 21.5. The van der Waals surface area contributed by atoms with E-state index in [1.54, 1.807) is 0 Å². The van der Waals surface area contributed by atoms with Gasteiger partial charge in [0.05, 0.1) is 5.92 Å². The summed E-state index contributed by atoms with van der Waals surface area (Å²) >= 11 is 6.15. The van der Waals surface area contributed by atoms with Gasteiger partial charge in [-0.2, -0.15) is 0 Å². The number of amidine groups is 1. The van der Waals surface area contributed by atoms with E-state index in [2.05, 4.69) is 33.9 Å². The number of piperazine rings is 2. The van der Waals surface area contributed by atoms with E-state index >= 15 is 0 Å². The number of allylic oxidation sites excluding steroid dienone is 1. The number of hydrogen-bond donors (Lipinski definition) is 2.